The Morgan fingerprint density at radius 2 is 2.10 bits per heavy atom. The Balaban J connectivity index is 2.33. The number of carbonyl (C=O) groups is 2. The van der Waals surface area contributed by atoms with E-state index < -0.39 is 5.41 Å². The highest BCUT2D eigenvalue weighted by atomic mass is 16.2. The minimum Gasteiger partial charge on any atom is -0.285 e. The van der Waals surface area contributed by atoms with Gasteiger partial charge in [0.05, 0.1) is 5.41 Å². The van der Waals surface area contributed by atoms with Crippen molar-refractivity contribution >= 4 is 11.8 Å². The van der Waals surface area contributed by atoms with E-state index in [0.717, 1.165) is 0 Å². The lowest BCUT2D eigenvalue weighted by atomic mass is 10.0. The minimum atomic E-state index is -0.466. The van der Waals surface area contributed by atoms with Crippen molar-refractivity contribution < 1.29 is 9.59 Å². The molecule has 1 aliphatic heterocycles. The molecule has 1 saturated heterocycles. The summed E-state index contributed by atoms with van der Waals surface area (Å²) in [6.45, 7) is 0. The van der Waals surface area contributed by atoms with Crippen LogP contribution in [0.15, 0.2) is 12.2 Å². The van der Waals surface area contributed by atoms with Gasteiger partial charge in [0.2, 0.25) is 11.8 Å². The molecule has 1 heterocycles. The summed E-state index contributed by atoms with van der Waals surface area (Å²) in [7, 11) is 1.53. The van der Waals surface area contributed by atoms with Gasteiger partial charge in [0, 0.05) is 13.5 Å². The SMILES string of the molecule is CN1C(=O)CC2(C=C2)C1=O. The van der Waals surface area contributed by atoms with Crippen molar-refractivity contribution in [1.82, 2.24) is 4.90 Å². The standard InChI is InChI=1S/C7H7NO2/c1-8-5(9)4-7(2-3-7)6(8)10/h2-3H,4H2,1H3. The van der Waals surface area contributed by atoms with Crippen molar-refractivity contribution in [3.05, 3.63) is 12.2 Å². The molecule has 10 heavy (non-hydrogen) atoms. The van der Waals surface area contributed by atoms with Gasteiger partial charge in [0.15, 0.2) is 0 Å². The van der Waals surface area contributed by atoms with Gasteiger partial charge in [0.25, 0.3) is 0 Å². The van der Waals surface area contributed by atoms with Crippen molar-refractivity contribution in [2.75, 3.05) is 7.05 Å². The second kappa shape index (κ2) is 1.31. The van der Waals surface area contributed by atoms with Crippen LogP contribution in [0.5, 0.6) is 0 Å². The molecule has 0 unspecified atom stereocenters. The van der Waals surface area contributed by atoms with Gasteiger partial charge in [-0.25, -0.2) is 0 Å². The first-order chi connectivity index (χ1) is 4.66. The van der Waals surface area contributed by atoms with Crippen molar-refractivity contribution in [2.24, 2.45) is 5.41 Å². The molecule has 52 valence electrons. The first-order valence-corrected chi connectivity index (χ1v) is 3.17. The van der Waals surface area contributed by atoms with E-state index in [1.54, 1.807) is 12.2 Å². The van der Waals surface area contributed by atoms with Gasteiger partial charge in [0.1, 0.15) is 0 Å². The fraction of sp³-hybridized carbons (Fsp3) is 0.429. The molecule has 0 saturated carbocycles. The molecular formula is C7H7NO2. The predicted octanol–water partition coefficient (Wildman–Crippen LogP) is -0.0687. The average Bonchev–Trinajstić information content (AvgIpc) is 2.62. The van der Waals surface area contributed by atoms with Crippen molar-refractivity contribution in [1.29, 1.82) is 0 Å². The molecule has 3 nitrogen and oxygen atoms in total. The third-order valence-electron chi connectivity index (χ3n) is 2.09. The summed E-state index contributed by atoms with van der Waals surface area (Å²) in [4.78, 5) is 23.2. The summed E-state index contributed by atoms with van der Waals surface area (Å²) in [6.07, 6.45) is 3.93. The van der Waals surface area contributed by atoms with Crippen LogP contribution in [0.3, 0.4) is 0 Å². The highest BCUT2D eigenvalue weighted by Gasteiger charge is 2.52. The molecule has 0 aromatic rings. The molecule has 1 spiro atoms. The minimum absolute atomic E-state index is 0.0718. The van der Waals surface area contributed by atoms with E-state index in [2.05, 4.69) is 0 Å². The number of hydrogen-bond donors (Lipinski definition) is 0. The van der Waals surface area contributed by atoms with E-state index >= 15 is 0 Å². The third-order valence-corrected chi connectivity index (χ3v) is 2.09. The first kappa shape index (κ1) is 5.65. The summed E-state index contributed by atoms with van der Waals surface area (Å²) in [6, 6.07) is 0. The quantitative estimate of drug-likeness (QED) is 0.346. The van der Waals surface area contributed by atoms with Crippen LogP contribution in [0.25, 0.3) is 0 Å². The second-order valence-electron chi connectivity index (χ2n) is 2.81. The summed E-state index contributed by atoms with van der Waals surface area (Å²) >= 11 is 0. The summed E-state index contributed by atoms with van der Waals surface area (Å²) in [5.41, 5.74) is -0.466. The fourth-order valence-corrected chi connectivity index (χ4v) is 1.23. The average molecular weight is 137 g/mol. The molecule has 1 fully saturated rings. The van der Waals surface area contributed by atoms with Crippen LogP contribution in [-0.2, 0) is 9.59 Å². The molecule has 0 aromatic heterocycles. The Kier molecular flexibility index (Phi) is 0.739. The molecule has 2 aliphatic rings. The number of amides is 2. The number of likely N-dealkylation sites (tertiary alicyclic amines) is 1. The zero-order chi connectivity index (χ0) is 7.35. The molecule has 0 N–H and O–H groups in total. The van der Waals surface area contributed by atoms with Gasteiger partial charge in [-0.1, -0.05) is 12.2 Å². The zero-order valence-electron chi connectivity index (χ0n) is 5.63. The van der Waals surface area contributed by atoms with Gasteiger partial charge in [-0.15, -0.1) is 0 Å². The molecule has 2 rings (SSSR count). The second-order valence-corrected chi connectivity index (χ2v) is 2.81. The van der Waals surface area contributed by atoms with Crippen molar-refractivity contribution in [3.8, 4) is 0 Å². The van der Waals surface area contributed by atoms with Gasteiger partial charge in [-0.2, -0.15) is 0 Å². The molecule has 0 radical (unpaired) electrons. The maximum Gasteiger partial charge on any atom is 0.243 e. The lowest BCUT2D eigenvalue weighted by Gasteiger charge is -2.05. The maximum absolute atomic E-state index is 11.1. The first-order valence-electron chi connectivity index (χ1n) is 3.17. The Labute approximate surface area is 58.3 Å². The monoisotopic (exact) mass is 137 g/mol. The molecule has 0 bridgehead atoms. The maximum atomic E-state index is 11.1. The number of hydrogen-bond acceptors (Lipinski definition) is 2. The lowest BCUT2D eigenvalue weighted by molar-refractivity contribution is -0.137. The number of rotatable bonds is 0. The van der Waals surface area contributed by atoms with Crippen LogP contribution in [0.4, 0.5) is 0 Å². The van der Waals surface area contributed by atoms with E-state index in [0.29, 0.717) is 6.42 Å². The number of carbonyl (C=O) groups excluding carboxylic acids is 2. The zero-order valence-corrected chi connectivity index (χ0v) is 5.63. The van der Waals surface area contributed by atoms with Crippen LogP contribution < -0.4 is 0 Å². The Bertz CT molecular complexity index is 248. The van der Waals surface area contributed by atoms with Gasteiger partial charge in [-0.3, -0.25) is 14.5 Å². The highest BCUT2D eigenvalue weighted by Crippen LogP contribution is 2.44. The number of nitrogens with zero attached hydrogens (tertiary/aromatic N) is 1. The Morgan fingerprint density at radius 3 is 2.30 bits per heavy atom. The predicted molar refractivity (Wildman–Crippen MR) is 34.0 cm³/mol. The third kappa shape index (κ3) is 0.454. The molecule has 1 aliphatic carbocycles. The van der Waals surface area contributed by atoms with Gasteiger partial charge in [-0.05, 0) is 0 Å². The van der Waals surface area contributed by atoms with Gasteiger partial charge >= 0.3 is 0 Å². The van der Waals surface area contributed by atoms with E-state index in [1.165, 1.54) is 11.9 Å². The fourth-order valence-electron chi connectivity index (χ4n) is 1.23. The highest BCUT2D eigenvalue weighted by molar-refractivity contribution is 6.10. The van der Waals surface area contributed by atoms with E-state index in [-0.39, 0.29) is 11.8 Å². The summed E-state index contributed by atoms with van der Waals surface area (Å²) in [5, 5.41) is 0. The summed E-state index contributed by atoms with van der Waals surface area (Å²) in [5.74, 6) is -0.146. The van der Waals surface area contributed by atoms with Gasteiger partial charge < -0.3 is 0 Å². The van der Waals surface area contributed by atoms with Crippen molar-refractivity contribution in [2.45, 2.75) is 6.42 Å². The number of imide groups is 1. The molecule has 0 aromatic carbocycles. The van der Waals surface area contributed by atoms with Crippen LogP contribution >= 0.6 is 0 Å². The van der Waals surface area contributed by atoms with Crippen molar-refractivity contribution in [3.63, 3.8) is 0 Å². The topological polar surface area (TPSA) is 37.4 Å². The summed E-state index contributed by atoms with van der Waals surface area (Å²) < 4.78 is 0. The Morgan fingerprint density at radius 1 is 1.50 bits per heavy atom. The molecule has 2 amide bonds. The van der Waals surface area contributed by atoms with Crippen LogP contribution in [-0.4, -0.2) is 23.8 Å². The molecule has 3 heteroatoms. The van der Waals surface area contributed by atoms with Crippen LogP contribution in [0.1, 0.15) is 6.42 Å². The van der Waals surface area contributed by atoms with Crippen LogP contribution in [0, 0.1) is 5.41 Å². The Hall–Kier alpha value is -1.12. The smallest absolute Gasteiger partial charge is 0.243 e. The lowest BCUT2D eigenvalue weighted by Crippen LogP contribution is -2.26. The molecule has 0 atom stereocenters. The van der Waals surface area contributed by atoms with E-state index in [9.17, 15) is 9.59 Å². The molecular weight excluding hydrogens is 130 g/mol. The van der Waals surface area contributed by atoms with E-state index in [4.69, 9.17) is 0 Å². The largest absolute Gasteiger partial charge is 0.285 e. The van der Waals surface area contributed by atoms with E-state index in [1.807, 2.05) is 0 Å². The van der Waals surface area contributed by atoms with Crippen LogP contribution in [0.2, 0.25) is 0 Å². The normalized spacial score (nSPS) is 26.7.